The van der Waals surface area contributed by atoms with Gasteiger partial charge in [-0.3, -0.25) is 4.79 Å². The Morgan fingerprint density at radius 1 is 0.905 bits per heavy atom. The van der Waals surface area contributed by atoms with Gasteiger partial charge >= 0.3 is 5.97 Å². The number of methoxy groups -OCH3 is 1. The van der Waals surface area contributed by atoms with E-state index in [1.165, 1.54) is 10.7 Å². The van der Waals surface area contributed by atoms with Crippen molar-refractivity contribution in [2.45, 2.75) is 57.6 Å². The van der Waals surface area contributed by atoms with Gasteiger partial charge in [0.1, 0.15) is 18.9 Å². The summed E-state index contributed by atoms with van der Waals surface area (Å²) in [7, 11) is 1.63. The first-order valence-electron chi connectivity index (χ1n) is 14.1. The fraction of sp³-hybridized carbons (Fsp3) is 0.303. The highest BCUT2D eigenvalue weighted by Gasteiger charge is 2.28. The van der Waals surface area contributed by atoms with Crippen LogP contribution in [-0.2, 0) is 29.3 Å². The lowest BCUT2D eigenvalue weighted by molar-refractivity contribution is -0.124. The molecule has 1 amide bonds. The molecular formula is C33H35N3O6. The number of carboxylic acids is 1. The van der Waals surface area contributed by atoms with Crippen molar-refractivity contribution < 1.29 is 28.9 Å². The van der Waals surface area contributed by atoms with Crippen LogP contribution in [0.5, 0.6) is 11.6 Å². The van der Waals surface area contributed by atoms with Gasteiger partial charge in [0.15, 0.2) is 5.69 Å². The molecule has 1 aliphatic rings. The molecule has 42 heavy (non-hydrogen) atoms. The van der Waals surface area contributed by atoms with Gasteiger partial charge in [-0.25, -0.2) is 9.48 Å². The molecule has 9 heteroatoms. The Hall–Kier alpha value is -4.63. The molecule has 1 aliphatic carbocycles. The zero-order valence-electron chi connectivity index (χ0n) is 23.6. The Kier molecular flexibility index (Phi) is 9.51. The normalized spacial score (nSPS) is 16.5. The van der Waals surface area contributed by atoms with Crippen molar-refractivity contribution in [1.29, 1.82) is 0 Å². The zero-order chi connectivity index (χ0) is 29.3. The number of ether oxygens (including phenoxy) is 3. The van der Waals surface area contributed by atoms with Crippen molar-refractivity contribution in [3.63, 3.8) is 0 Å². The van der Waals surface area contributed by atoms with Crippen LogP contribution in [-0.4, -0.2) is 46.0 Å². The highest BCUT2D eigenvalue weighted by Crippen LogP contribution is 2.25. The molecule has 0 unspecified atom stereocenters. The molecule has 1 fully saturated rings. The maximum absolute atomic E-state index is 13.1. The summed E-state index contributed by atoms with van der Waals surface area (Å²) < 4.78 is 18.7. The molecule has 2 N–H and O–H groups in total. The Morgan fingerprint density at radius 2 is 1.67 bits per heavy atom. The van der Waals surface area contributed by atoms with E-state index in [-0.39, 0.29) is 42.8 Å². The van der Waals surface area contributed by atoms with Crippen LogP contribution in [0, 0.1) is 0 Å². The number of carbonyl (C=O) groups is 2. The number of hydrogen-bond acceptors (Lipinski definition) is 6. The molecule has 1 aromatic heterocycles. The van der Waals surface area contributed by atoms with Crippen LogP contribution in [0.3, 0.4) is 0 Å². The molecule has 0 spiro atoms. The van der Waals surface area contributed by atoms with Gasteiger partial charge in [0, 0.05) is 6.07 Å². The second kappa shape index (κ2) is 13.8. The molecule has 1 saturated carbocycles. The summed E-state index contributed by atoms with van der Waals surface area (Å²) in [5.41, 5.74) is 3.82. The summed E-state index contributed by atoms with van der Waals surface area (Å²) >= 11 is 0. The van der Waals surface area contributed by atoms with Crippen molar-refractivity contribution in [3.8, 4) is 22.8 Å². The standard InChI is InChI=1S/C33H35N3O6/c1-40-27-16-14-25(15-17-27)26-11-7-10-24(18-26)22-42-32-19-29(33(38)39)35-36(32)20-31(37)34-28-12-5-6-13-30(28)41-21-23-8-3-2-4-9-23/h2-4,7-11,14-19,28,30H,5-6,12-13,20-22H2,1H3,(H,34,37)(H,38,39)/t28-,30-/m0/s1. The summed E-state index contributed by atoms with van der Waals surface area (Å²) in [5, 5.41) is 16.7. The minimum Gasteiger partial charge on any atom is -0.497 e. The Bertz CT molecular complexity index is 1490. The first-order valence-corrected chi connectivity index (χ1v) is 14.1. The van der Waals surface area contributed by atoms with Crippen LogP contribution >= 0.6 is 0 Å². The van der Waals surface area contributed by atoms with Gasteiger partial charge in [-0.05, 0) is 53.3 Å². The lowest BCUT2D eigenvalue weighted by Crippen LogP contribution is -2.47. The van der Waals surface area contributed by atoms with Crippen LogP contribution < -0.4 is 14.8 Å². The first kappa shape index (κ1) is 28.9. The van der Waals surface area contributed by atoms with Gasteiger partial charge in [0.25, 0.3) is 0 Å². The summed E-state index contributed by atoms with van der Waals surface area (Å²) in [4.78, 5) is 24.8. The van der Waals surface area contributed by atoms with E-state index in [4.69, 9.17) is 14.2 Å². The first-order chi connectivity index (χ1) is 20.5. The quantitative estimate of drug-likeness (QED) is 0.232. The number of carboxylic acid groups (broad SMARTS) is 1. The van der Waals surface area contributed by atoms with E-state index in [2.05, 4.69) is 10.4 Å². The van der Waals surface area contributed by atoms with Crippen molar-refractivity contribution in [1.82, 2.24) is 15.1 Å². The Labute approximate surface area is 245 Å². The third kappa shape index (κ3) is 7.55. The molecule has 0 saturated heterocycles. The van der Waals surface area contributed by atoms with Crippen LogP contribution in [0.4, 0.5) is 0 Å². The minimum atomic E-state index is -1.19. The Balaban J connectivity index is 1.23. The number of nitrogens with zero attached hydrogens (tertiary/aromatic N) is 2. The van der Waals surface area contributed by atoms with E-state index in [0.717, 1.165) is 53.7 Å². The number of aromatic carboxylic acids is 1. The highest BCUT2D eigenvalue weighted by molar-refractivity contribution is 5.86. The van der Waals surface area contributed by atoms with Gasteiger partial charge in [-0.2, -0.15) is 5.10 Å². The van der Waals surface area contributed by atoms with Crippen molar-refractivity contribution in [3.05, 3.63) is 102 Å². The minimum absolute atomic E-state index is 0.0937. The topological polar surface area (TPSA) is 112 Å². The Morgan fingerprint density at radius 3 is 2.43 bits per heavy atom. The molecule has 0 bridgehead atoms. The number of rotatable bonds is 12. The highest BCUT2D eigenvalue weighted by atomic mass is 16.5. The van der Waals surface area contributed by atoms with Crippen molar-refractivity contribution in [2.24, 2.45) is 0 Å². The predicted octanol–water partition coefficient (Wildman–Crippen LogP) is 5.48. The van der Waals surface area contributed by atoms with Gasteiger partial charge < -0.3 is 24.6 Å². The van der Waals surface area contributed by atoms with E-state index in [9.17, 15) is 14.7 Å². The van der Waals surface area contributed by atoms with E-state index in [1.807, 2.05) is 78.9 Å². The number of hydrogen-bond donors (Lipinski definition) is 2. The van der Waals surface area contributed by atoms with Gasteiger partial charge in [-0.15, -0.1) is 0 Å². The monoisotopic (exact) mass is 569 g/mol. The average Bonchev–Trinajstić information content (AvgIpc) is 3.43. The lowest BCUT2D eigenvalue weighted by Gasteiger charge is -2.32. The molecular weight excluding hydrogens is 534 g/mol. The molecule has 0 aliphatic heterocycles. The van der Waals surface area contributed by atoms with Crippen LogP contribution in [0.1, 0.15) is 47.3 Å². The molecule has 0 radical (unpaired) electrons. The molecule has 9 nitrogen and oxygen atoms in total. The molecule has 1 heterocycles. The van der Waals surface area contributed by atoms with Crippen LogP contribution in [0.15, 0.2) is 84.9 Å². The molecule has 2 atom stereocenters. The van der Waals surface area contributed by atoms with E-state index < -0.39 is 5.97 Å². The van der Waals surface area contributed by atoms with Gasteiger partial charge in [0.05, 0.1) is 25.9 Å². The summed E-state index contributed by atoms with van der Waals surface area (Å²) in [6.45, 7) is 0.488. The summed E-state index contributed by atoms with van der Waals surface area (Å²) in [6.07, 6.45) is 3.64. The predicted molar refractivity (Wildman–Crippen MR) is 157 cm³/mol. The van der Waals surface area contributed by atoms with Gasteiger partial charge in [0.2, 0.25) is 11.8 Å². The zero-order valence-corrected chi connectivity index (χ0v) is 23.6. The number of nitrogens with one attached hydrogen (secondary N) is 1. The summed E-state index contributed by atoms with van der Waals surface area (Å²) in [5.74, 6) is -0.481. The van der Waals surface area contributed by atoms with Crippen LogP contribution in [0.2, 0.25) is 0 Å². The number of carbonyl (C=O) groups excluding carboxylic acids is 1. The molecule has 3 aromatic carbocycles. The maximum Gasteiger partial charge on any atom is 0.356 e. The van der Waals surface area contributed by atoms with Crippen LogP contribution in [0.25, 0.3) is 11.1 Å². The van der Waals surface area contributed by atoms with E-state index >= 15 is 0 Å². The average molecular weight is 570 g/mol. The number of aromatic nitrogens is 2. The third-order valence-electron chi connectivity index (χ3n) is 7.35. The summed E-state index contributed by atoms with van der Waals surface area (Å²) in [6, 6.07) is 26.8. The number of amides is 1. The third-order valence-corrected chi connectivity index (χ3v) is 7.35. The van der Waals surface area contributed by atoms with E-state index in [1.54, 1.807) is 7.11 Å². The fourth-order valence-electron chi connectivity index (χ4n) is 5.14. The largest absolute Gasteiger partial charge is 0.497 e. The molecule has 218 valence electrons. The fourth-order valence-corrected chi connectivity index (χ4v) is 5.14. The SMILES string of the molecule is COc1ccc(-c2cccc(COc3cc(C(=O)O)nn3CC(=O)N[C@H]3CCCC[C@@H]3OCc3ccccc3)c2)cc1. The van der Waals surface area contributed by atoms with Gasteiger partial charge in [-0.1, -0.05) is 73.5 Å². The number of benzene rings is 3. The van der Waals surface area contributed by atoms with Crippen molar-refractivity contribution in [2.75, 3.05) is 7.11 Å². The lowest BCUT2D eigenvalue weighted by atomic mass is 9.92. The second-order valence-corrected chi connectivity index (χ2v) is 10.3. The second-order valence-electron chi connectivity index (χ2n) is 10.3. The maximum atomic E-state index is 13.1. The smallest absolute Gasteiger partial charge is 0.356 e. The molecule has 5 rings (SSSR count). The molecule has 4 aromatic rings. The van der Waals surface area contributed by atoms with E-state index in [0.29, 0.717) is 6.61 Å². The van der Waals surface area contributed by atoms with Crippen molar-refractivity contribution >= 4 is 11.9 Å².